The highest BCUT2D eigenvalue weighted by Gasteiger charge is 2.12. The number of nitrogens with one attached hydrogen (secondary N) is 1. The van der Waals surface area contributed by atoms with Gasteiger partial charge in [0.05, 0.1) is 0 Å². The number of carboxylic acids is 1. The fourth-order valence-corrected chi connectivity index (χ4v) is 1.61. The van der Waals surface area contributed by atoms with Gasteiger partial charge in [0, 0.05) is 18.0 Å². The molecule has 0 fully saturated rings. The van der Waals surface area contributed by atoms with E-state index in [9.17, 15) is 4.79 Å². The van der Waals surface area contributed by atoms with Gasteiger partial charge in [-0.3, -0.25) is 4.79 Å². The van der Waals surface area contributed by atoms with Gasteiger partial charge in [0.2, 0.25) is 0 Å². The fourth-order valence-electron chi connectivity index (χ4n) is 1.61. The van der Waals surface area contributed by atoms with E-state index in [0.29, 0.717) is 6.42 Å². The first kappa shape index (κ1) is 20.7. The summed E-state index contributed by atoms with van der Waals surface area (Å²) in [6.45, 7) is 0. The summed E-state index contributed by atoms with van der Waals surface area (Å²) in [7, 11) is 0. The Morgan fingerprint density at radius 2 is 2.10 bits per heavy atom. The number of carbonyl (C=O) groups is 1. The number of benzene rings is 1. The average Bonchev–Trinajstić information content (AvgIpc) is 2.82. The number of imidazole rings is 1. The predicted octanol–water partition coefficient (Wildman–Crippen LogP) is 1.05. The second-order valence-electron chi connectivity index (χ2n) is 3.79. The zero-order valence-electron chi connectivity index (χ0n) is 10.4. The van der Waals surface area contributed by atoms with E-state index in [-0.39, 0.29) is 30.3 Å². The number of hydrogen-bond acceptors (Lipinski definition) is 3. The maximum atomic E-state index is 10.7. The Kier molecular flexibility index (Phi) is 9.66. The first-order valence-electron chi connectivity index (χ1n) is 5.24. The number of rotatable bonds is 4. The van der Waals surface area contributed by atoms with Gasteiger partial charge >= 0.3 is 5.97 Å². The number of aromatic amines is 1. The van der Waals surface area contributed by atoms with Gasteiger partial charge in [-0.25, -0.2) is 4.98 Å². The number of nitrogens with two attached hydrogens (primary N) is 1. The smallest absolute Gasteiger partial charge is 0.320 e. The normalized spacial score (nSPS) is 10.4. The largest absolute Gasteiger partial charge is 0.480 e. The summed E-state index contributed by atoms with van der Waals surface area (Å²) in [5, 5.41) is 8.75. The van der Waals surface area contributed by atoms with Crippen LogP contribution in [0.3, 0.4) is 0 Å². The van der Waals surface area contributed by atoms with Crippen LogP contribution in [0.15, 0.2) is 36.7 Å². The van der Waals surface area contributed by atoms with Crippen molar-refractivity contribution in [3.63, 3.8) is 0 Å². The molecule has 0 bridgehead atoms. The third kappa shape index (κ3) is 5.18. The van der Waals surface area contributed by atoms with Crippen LogP contribution in [0.1, 0.15) is 5.56 Å². The predicted molar refractivity (Wildman–Crippen MR) is 81.4 cm³/mol. The van der Waals surface area contributed by atoms with Gasteiger partial charge in [0.1, 0.15) is 11.9 Å². The van der Waals surface area contributed by atoms with Crippen molar-refractivity contribution in [2.24, 2.45) is 5.73 Å². The molecule has 112 valence electrons. The summed E-state index contributed by atoms with van der Waals surface area (Å²) in [5.74, 6) is -0.232. The SMILES string of the molecule is Cl.Cl.NC(Cc1cccc(-c2ncc[nH]2)c1)C(=O)O.O. The molecular weight excluding hydrogens is 305 g/mol. The van der Waals surface area contributed by atoms with Crippen LogP contribution in [0.25, 0.3) is 11.4 Å². The molecular formula is C12H17Cl2N3O3. The lowest BCUT2D eigenvalue weighted by Crippen LogP contribution is -2.32. The summed E-state index contributed by atoms with van der Waals surface area (Å²) in [5.41, 5.74) is 7.30. The van der Waals surface area contributed by atoms with Crippen LogP contribution in [0.2, 0.25) is 0 Å². The van der Waals surface area contributed by atoms with E-state index in [1.165, 1.54) is 0 Å². The molecule has 2 aromatic rings. The lowest BCUT2D eigenvalue weighted by atomic mass is 10.0. The Balaban J connectivity index is 0. The molecule has 0 aliphatic carbocycles. The molecule has 1 atom stereocenters. The number of carboxylic acid groups (broad SMARTS) is 1. The Morgan fingerprint density at radius 1 is 1.40 bits per heavy atom. The Bertz CT molecular complexity index is 520. The van der Waals surface area contributed by atoms with E-state index < -0.39 is 12.0 Å². The number of H-pyrrole nitrogens is 1. The third-order valence-corrected chi connectivity index (χ3v) is 2.47. The van der Waals surface area contributed by atoms with Crippen molar-refractivity contribution in [2.75, 3.05) is 0 Å². The standard InChI is InChI=1S/C12H13N3O2.2ClH.H2O/c13-10(12(16)17)7-8-2-1-3-9(6-8)11-14-4-5-15-11;;;/h1-6,10H,7,13H2,(H,14,15)(H,16,17);2*1H;1H2. The number of halogens is 2. The maximum Gasteiger partial charge on any atom is 0.320 e. The third-order valence-electron chi connectivity index (χ3n) is 2.47. The zero-order valence-corrected chi connectivity index (χ0v) is 12.1. The molecule has 0 aliphatic heterocycles. The Labute approximate surface area is 128 Å². The monoisotopic (exact) mass is 321 g/mol. The summed E-state index contributed by atoms with van der Waals surface area (Å²) in [6, 6.07) is 6.65. The van der Waals surface area contributed by atoms with E-state index in [0.717, 1.165) is 17.0 Å². The fraction of sp³-hybridized carbons (Fsp3) is 0.167. The summed E-state index contributed by atoms with van der Waals surface area (Å²) < 4.78 is 0. The minimum Gasteiger partial charge on any atom is -0.480 e. The molecule has 6 nitrogen and oxygen atoms in total. The van der Waals surface area contributed by atoms with Gasteiger partial charge in [-0.05, 0) is 18.1 Å². The highest BCUT2D eigenvalue weighted by atomic mass is 35.5. The molecule has 1 aromatic carbocycles. The molecule has 20 heavy (non-hydrogen) atoms. The van der Waals surface area contributed by atoms with E-state index in [1.807, 2.05) is 24.3 Å². The van der Waals surface area contributed by atoms with Crippen LogP contribution in [-0.4, -0.2) is 32.6 Å². The van der Waals surface area contributed by atoms with E-state index in [1.54, 1.807) is 12.4 Å². The van der Waals surface area contributed by atoms with Crippen LogP contribution in [-0.2, 0) is 11.2 Å². The van der Waals surface area contributed by atoms with Crippen LogP contribution in [0, 0.1) is 0 Å². The molecule has 0 amide bonds. The van der Waals surface area contributed by atoms with Crippen LogP contribution < -0.4 is 5.73 Å². The van der Waals surface area contributed by atoms with Crippen LogP contribution in [0.4, 0.5) is 0 Å². The quantitative estimate of drug-likeness (QED) is 0.778. The molecule has 0 saturated carbocycles. The maximum absolute atomic E-state index is 10.7. The molecule has 1 aromatic heterocycles. The zero-order chi connectivity index (χ0) is 12.3. The lowest BCUT2D eigenvalue weighted by molar-refractivity contribution is -0.138. The topological polar surface area (TPSA) is 124 Å². The van der Waals surface area contributed by atoms with Crippen molar-refractivity contribution < 1.29 is 15.4 Å². The van der Waals surface area contributed by atoms with Crippen molar-refractivity contribution >= 4 is 30.8 Å². The average molecular weight is 322 g/mol. The number of hydrogen-bond donors (Lipinski definition) is 3. The lowest BCUT2D eigenvalue weighted by Gasteiger charge is -2.07. The van der Waals surface area contributed by atoms with Crippen molar-refractivity contribution in [1.82, 2.24) is 9.97 Å². The Morgan fingerprint density at radius 3 is 2.65 bits per heavy atom. The molecule has 8 heteroatoms. The van der Waals surface area contributed by atoms with Gasteiger partial charge in [-0.15, -0.1) is 24.8 Å². The van der Waals surface area contributed by atoms with Gasteiger partial charge in [0.25, 0.3) is 0 Å². The van der Waals surface area contributed by atoms with Crippen LogP contribution >= 0.6 is 24.8 Å². The first-order chi connectivity index (χ1) is 8.16. The number of aromatic nitrogens is 2. The Hall–Kier alpha value is -1.60. The van der Waals surface area contributed by atoms with E-state index >= 15 is 0 Å². The summed E-state index contributed by atoms with van der Waals surface area (Å²) in [4.78, 5) is 17.8. The number of nitrogens with zero attached hydrogens (tertiary/aromatic N) is 1. The second kappa shape index (κ2) is 9.33. The molecule has 2 rings (SSSR count). The van der Waals surface area contributed by atoms with Crippen molar-refractivity contribution in [1.29, 1.82) is 0 Å². The van der Waals surface area contributed by atoms with E-state index in [2.05, 4.69) is 9.97 Å². The molecule has 0 spiro atoms. The molecule has 0 radical (unpaired) electrons. The summed E-state index contributed by atoms with van der Waals surface area (Å²) in [6.07, 6.45) is 3.72. The van der Waals surface area contributed by atoms with Gasteiger partial charge < -0.3 is 21.3 Å². The highest BCUT2D eigenvalue weighted by molar-refractivity contribution is 5.85. The minimum absolute atomic E-state index is 0. The molecule has 6 N–H and O–H groups in total. The van der Waals surface area contributed by atoms with Crippen molar-refractivity contribution in [3.8, 4) is 11.4 Å². The molecule has 0 saturated heterocycles. The first-order valence-corrected chi connectivity index (χ1v) is 5.24. The van der Waals surface area contributed by atoms with Gasteiger partial charge in [0.15, 0.2) is 0 Å². The minimum atomic E-state index is -0.992. The highest BCUT2D eigenvalue weighted by Crippen LogP contribution is 2.16. The molecule has 1 heterocycles. The molecule has 1 unspecified atom stereocenters. The van der Waals surface area contributed by atoms with Gasteiger partial charge in [-0.2, -0.15) is 0 Å². The number of aliphatic carboxylic acids is 1. The van der Waals surface area contributed by atoms with E-state index in [4.69, 9.17) is 10.8 Å². The van der Waals surface area contributed by atoms with Crippen LogP contribution in [0.5, 0.6) is 0 Å². The molecule has 0 aliphatic rings. The second-order valence-corrected chi connectivity index (χ2v) is 3.79. The summed E-state index contributed by atoms with van der Waals surface area (Å²) >= 11 is 0. The van der Waals surface area contributed by atoms with Crippen molar-refractivity contribution in [3.05, 3.63) is 42.2 Å². The van der Waals surface area contributed by atoms with Gasteiger partial charge in [-0.1, -0.05) is 18.2 Å². The van der Waals surface area contributed by atoms with Crippen molar-refractivity contribution in [2.45, 2.75) is 12.5 Å².